The van der Waals surface area contributed by atoms with Crippen LogP contribution < -0.4 is 10.1 Å². The van der Waals surface area contributed by atoms with Crippen molar-refractivity contribution in [2.45, 2.75) is 33.2 Å². The van der Waals surface area contributed by atoms with Gasteiger partial charge in [-0.15, -0.1) is 0 Å². The van der Waals surface area contributed by atoms with Crippen molar-refractivity contribution in [1.29, 1.82) is 0 Å². The van der Waals surface area contributed by atoms with Crippen LogP contribution in [0.2, 0.25) is 0 Å². The molecule has 1 aromatic carbocycles. The van der Waals surface area contributed by atoms with Crippen molar-refractivity contribution in [3.05, 3.63) is 29.8 Å². The molecule has 0 aliphatic carbocycles. The van der Waals surface area contributed by atoms with Gasteiger partial charge in [0.1, 0.15) is 5.75 Å². The van der Waals surface area contributed by atoms with Crippen LogP contribution in [0.25, 0.3) is 0 Å². The molecule has 0 fully saturated rings. The number of aliphatic imine (C=N–C) groups is 1. The molecule has 5 heteroatoms. The second-order valence-electron chi connectivity index (χ2n) is 5.37. The van der Waals surface area contributed by atoms with Gasteiger partial charge in [-0.1, -0.05) is 25.5 Å². The molecule has 1 aromatic rings. The smallest absolute Gasteiger partial charge is 0.193 e. The molecular formula is C18H31N3O2. The molecule has 0 aliphatic rings. The fourth-order valence-electron chi connectivity index (χ4n) is 2.17. The van der Waals surface area contributed by atoms with Gasteiger partial charge in [0.25, 0.3) is 0 Å². The first-order chi connectivity index (χ1) is 11.2. The topological polar surface area (TPSA) is 46.1 Å². The number of benzene rings is 1. The SMILES string of the molecule is CCCCOCCNC(=NC)N(C)Cc1ccc(OCC)cc1. The van der Waals surface area contributed by atoms with Crippen molar-refractivity contribution in [2.24, 2.45) is 4.99 Å². The van der Waals surface area contributed by atoms with Crippen LogP contribution >= 0.6 is 0 Å². The molecule has 0 unspecified atom stereocenters. The second-order valence-corrected chi connectivity index (χ2v) is 5.37. The molecule has 130 valence electrons. The zero-order chi connectivity index (χ0) is 16.9. The zero-order valence-corrected chi connectivity index (χ0v) is 15.0. The fourth-order valence-corrected chi connectivity index (χ4v) is 2.17. The Bertz CT molecular complexity index is 446. The number of nitrogens with one attached hydrogen (secondary N) is 1. The predicted octanol–water partition coefficient (Wildman–Crippen LogP) is 2.91. The van der Waals surface area contributed by atoms with Crippen LogP contribution in [0.15, 0.2) is 29.3 Å². The number of rotatable bonds is 10. The average Bonchev–Trinajstić information content (AvgIpc) is 2.56. The van der Waals surface area contributed by atoms with E-state index in [0.717, 1.165) is 37.8 Å². The Morgan fingerprint density at radius 3 is 2.52 bits per heavy atom. The minimum Gasteiger partial charge on any atom is -0.494 e. The van der Waals surface area contributed by atoms with Gasteiger partial charge in [0.2, 0.25) is 0 Å². The highest BCUT2D eigenvalue weighted by atomic mass is 16.5. The molecule has 0 aliphatic heterocycles. The van der Waals surface area contributed by atoms with E-state index < -0.39 is 0 Å². The Kier molecular flexibility index (Phi) is 9.87. The molecule has 1 N–H and O–H groups in total. The first-order valence-electron chi connectivity index (χ1n) is 8.42. The fraction of sp³-hybridized carbons (Fsp3) is 0.611. The zero-order valence-electron chi connectivity index (χ0n) is 15.0. The molecular weight excluding hydrogens is 290 g/mol. The summed E-state index contributed by atoms with van der Waals surface area (Å²) in [5, 5.41) is 3.32. The monoisotopic (exact) mass is 321 g/mol. The van der Waals surface area contributed by atoms with Crippen LogP contribution in [0.5, 0.6) is 5.75 Å². The maximum atomic E-state index is 5.55. The number of unbranched alkanes of at least 4 members (excludes halogenated alkanes) is 1. The van der Waals surface area contributed by atoms with Gasteiger partial charge in [0.15, 0.2) is 5.96 Å². The van der Waals surface area contributed by atoms with Crippen molar-refractivity contribution in [3.63, 3.8) is 0 Å². The summed E-state index contributed by atoms with van der Waals surface area (Å²) in [6, 6.07) is 8.18. The van der Waals surface area contributed by atoms with Gasteiger partial charge in [-0.2, -0.15) is 0 Å². The lowest BCUT2D eigenvalue weighted by molar-refractivity contribution is 0.135. The summed E-state index contributed by atoms with van der Waals surface area (Å²) >= 11 is 0. The Morgan fingerprint density at radius 1 is 1.17 bits per heavy atom. The predicted molar refractivity (Wildman–Crippen MR) is 96.2 cm³/mol. The van der Waals surface area contributed by atoms with E-state index in [9.17, 15) is 0 Å². The molecule has 1 rings (SSSR count). The Labute approximate surface area is 140 Å². The van der Waals surface area contributed by atoms with Gasteiger partial charge in [-0.05, 0) is 31.0 Å². The summed E-state index contributed by atoms with van der Waals surface area (Å²) in [5.74, 6) is 1.78. The van der Waals surface area contributed by atoms with E-state index in [4.69, 9.17) is 9.47 Å². The minimum atomic E-state index is 0.691. The van der Waals surface area contributed by atoms with Crippen LogP contribution in [-0.2, 0) is 11.3 Å². The van der Waals surface area contributed by atoms with E-state index in [0.29, 0.717) is 13.2 Å². The van der Waals surface area contributed by atoms with Crippen molar-refractivity contribution in [2.75, 3.05) is 40.5 Å². The van der Waals surface area contributed by atoms with E-state index in [1.807, 2.05) is 26.1 Å². The Balaban J connectivity index is 2.36. The van der Waals surface area contributed by atoms with Gasteiger partial charge < -0.3 is 19.7 Å². The molecule has 0 radical (unpaired) electrons. The molecule has 0 spiro atoms. The highest BCUT2D eigenvalue weighted by Crippen LogP contribution is 2.13. The first-order valence-corrected chi connectivity index (χ1v) is 8.42. The largest absolute Gasteiger partial charge is 0.494 e. The third-order valence-electron chi connectivity index (χ3n) is 3.40. The lowest BCUT2D eigenvalue weighted by Crippen LogP contribution is -2.39. The van der Waals surface area contributed by atoms with Crippen molar-refractivity contribution in [3.8, 4) is 5.75 Å². The molecule has 0 atom stereocenters. The molecule has 0 bridgehead atoms. The maximum Gasteiger partial charge on any atom is 0.193 e. The molecule has 0 saturated heterocycles. The van der Waals surface area contributed by atoms with Gasteiger partial charge in [0.05, 0.1) is 13.2 Å². The maximum absolute atomic E-state index is 5.55. The normalized spacial score (nSPS) is 11.4. The summed E-state index contributed by atoms with van der Waals surface area (Å²) in [7, 11) is 3.83. The molecule has 0 heterocycles. The minimum absolute atomic E-state index is 0.691. The number of hydrogen-bond acceptors (Lipinski definition) is 3. The highest BCUT2D eigenvalue weighted by molar-refractivity contribution is 5.79. The third kappa shape index (κ3) is 7.88. The van der Waals surface area contributed by atoms with Gasteiger partial charge in [-0.25, -0.2) is 0 Å². The summed E-state index contributed by atoms with van der Waals surface area (Å²) in [6.07, 6.45) is 2.28. The summed E-state index contributed by atoms with van der Waals surface area (Å²) in [5.41, 5.74) is 1.22. The number of nitrogens with zero attached hydrogens (tertiary/aromatic N) is 2. The van der Waals surface area contributed by atoms with E-state index in [2.05, 4.69) is 34.3 Å². The number of hydrogen-bond donors (Lipinski definition) is 1. The van der Waals surface area contributed by atoms with Crippen LogP contribution in [0, 0.1) is 0 Å². The van der Waals surface area contributed by atoms with Crippen LogP contribution in [0.1, 0.15) is 32.3 Å². The van der Waals surface area contributed by atoms with E-state index in [1.54, 1.807) is 7.05 Å². The quantitative estimate of drug-likeness (QED) is 0.409. The van der Waals surface area contributed by atoms with E-state index >= 15 is 0 Å². The summed E-state index contributed by atoms with van der Waals surface area (Å²) in [4.78, 5) is 6.42. The third-order valence-corrected chi connectivity index (χ3v) is 3.40. The number of ether oxygens (including phenoxy) is 2. The molecule has 0 amide bonds. The van der Waals surface area contributed by atoms with E-state index in [-0.39, 0.29) is 0 Å². The molecule has 0 saturated carbocycles. The molecule has 23 heavy (non-hydrogen) atoms. The Hall–Kier alpha value is -1.75. The Morgan fingerprint density at radius 2 is 1.91 bits per heavy atom. The lowest BCUT2D eigenvalue weighted by Gasteiger charge is -2.22. The van der Waals surface area contributed by atoms with Crippen molar-refractivity contribution >= 4 is 5.96 Å². The van der Waals surface area contributed by atoms with Crippen LogP contribution in [0.3, 0.4) is 0 Å². The molecule has 5 nitrogen and oxygen atoms in total. The second kappa shape index (κ2) is 11.8. The van der Waals surface area contributed by atoms with Crippen LogP contribution in [0.4, 0.5) is 0 Å². The van der Waals surface area contributed by atoms with Gasteiger partial charge in [-0.3, -0.25) is 4.99 Å². The average molecular weight is 321 g/mol. The molecule has 0 aromatic heterocycles. The first kappa shape index (κ1) is 19.3. The van der Waals surface area contributed by atoms with Crippen molar-refractivity contribution in [1.82, 2.24) is 10.2 Å². The lowest BCUT2D eigenvalue weighted by atomic mass is 10.2. The van der Waals surface area contributed by atoms with Gasteiger partial charge >= 0.3 is 0 Å². The summed E-state index contributed by atoms with van der Waals surface area (Å²) in [6.45, 7) is 7.94. The summed E-state index contributed by atoms with van der Waals surface area (Å²) < 4.78 is 11.0. The van der Waals surface area contributed by atoms with E-state index in [1.165, 1.54) is 12.0 Å². The van der Waals surface area contributed by atoms with Gasteiger partial charge in [0, 0.05) is 33.8 Å². The number of guanidine groups is 1. The van der Waals surface area contributed by atoms with Crippen molar-refractivity contribution < 1.29 is 9.47 Å². The highest BCUT2D eigenvalue weighted by Gasteiger charge is 2.06. The standard InChI is InChI=1S/C18H31N3O2/c1-5-7-13-22-14-12-20-18(19-3)21(4)15-16-8-10-17(11-9-16)23-6-2/h8-11H,5-7,12-15H2,1-4H3,(H,19,20). The van der Waals surface area contributed by atoms with Crippen LogP contribution in [-0.4, -0.2) is 51.3 Å².